The van der Waals surface area contributed by atoms with Crippen LogP contribution in [-0.4, -0.2) is 0 Å². The third-order valence-corrected chi connectivity index (χ3v) is 17.3. The predicted octanol–water partition coefficient (Wildman–Crippen LogP) is 18.5. The number of para-hydroxylation sites is 2. The Morgan fingerprint density at radius 1 is 0.390 bits per heavy atom. The summed E-state index contributed by atoms with van der Waals surface area (Å²) in [7, 11) is 0. The lowest BCUT2D eigenvalue weighted by molar-refractivity contribution is 0.569. The molecule has 0 unspecified atom stereocenters. The topological polar surface area (TPSA) is 3.24 Å². The zero-order chi connectivity index (χ0) is 52.8. The molecule has 0 aromatic heterocycles. The van der Waals surface area contributed by atoms with Crippen LogP contribution in [0.5, 0.6) is 0 Å². The quantitative estimate of drug-likeness (QED) is 0.147. The summed E-state index contributed by atoms with van der Waals surface area (Å²) in [6, 6.07) is 87.7. The van der Waals surface area contributed by atoms with Gasteiger partial charge < -0.3 is 4.90 Å². The maximum Gasteiger partial charge on any atom is 0.0713 e. The minimum absolute atomic E-state index is 0.0126. The first-order chi connectivity index (χ1) is 37.2. The Balaban J connectivity index is 1.09. The first kappa shape index (κ1) is 48.4. The smallest absolute Gasteiger partial charge is 0.0713 e. The summed E-state index contributed by atoms with van der Waals surface area (Å²) >= 11 is 0. The lowest BCUT2D eigenvalue weighted by Crippen LogP contribution is -2.32. The molecule has 3 aliphatic rings. The van der Waals surface area contributed by atoms with Crippen LogP contribution in [0.3, 0.4) is 0 Å². The minimum atomic E-state index is -0.522. The molecule has 0 atom stereocenters. The summed E-state index contributed by atoms with van der Waals surface area (Å²) in [4.78, 5) is 2.61. The number of hydrogen-bond donors (Lipinski definition) is 0. The van der Waals surface area contributed by atoms with E-state index in [1.54, 1.807) is 0 Å². The van der Waals surface area contributed by atoms with Gasteiger partial charge in [-0.2, -0.15) is 0 Å². The summed E-state index contributed by atoms with van der Waals surface area (Å²) in [5.41, 5.74) is 26.1. The average molecular weight is 994 g/mol. The van der Waals surface area contributed by atoms with Crippen molar-refractivity contribution in [2.24, 2.45) is 0 Å². The highest BCUT2D eigenvalue weighted by Gasteiger charge is 2.47. The number of benzene rings is 10. The fraction of sp³-hybridized carbons (Fsp3) is 0.184. The maximum atomic E-state index is 2.61. The van der Waals surface area contributed by atoms with Crippen LogP contribution in [0.15, 0.2) is 231 Å². The van der Waals surface area contributed by atoms with E-state index in [4.69, 9.17) is 0 Å². The van der Waals surface area contributed by atoms with Gasteiger partial charge in [-0.25, -0.2) is 0 Å². The Kier molecular flexibility index (Phi) is 11.4. The lowest BCUT2D eigenvalue weighted by Gasteiger charge is -2.34. The van der Waals surface area contributed by atoms with Crippen molar-refractivity contribution >= 4 is 28.7 Å². The van der Waals surface area contributed by atoms with Crippen molar-refractivity contribution < 1.29 is 0 Å². The van der Waals surface area contributed by atoms with Crippen LogP contribution in [-0.2, 0) is 21.7 Å². The number of nitrogens with zero attached hydrogens (tertiary/aromatic N) is 1. The second-order valence-electron chi connectivity index (χ2n) is 24.3. The number of fused-ring (bicyclic) bond motifs is 7. The van der Waals surface area contributed by atoms with Crippen LogP contribution in [0.1, 0.15) is 118 Å². The van der Waals surface area contributed by atoms with E-state index >= 15 is 0 Å². The molecule has 77 heavy (non-hydrogen) atoms. The summed E-state index contributed by atoms with van der Waals surface area (Å²) in [5.74, 6) is 0. The van der Waals surface area contributed by atoms with Gasteiger partial charge in [-0.1, -0.05) is 268 Å². The Hall–Kier alpha value is -8.26. The molecule has 0 bridgehead atoms. The molecular weight excluding hydrogens is 927 g/mol. The van der Waals surface area contributed by atoms with E-state index in [9.17, 15) is 0 Å². The highest BCUT2D eigenvalue weighted by atomic mass is 15.1. The van der Waals surface area contributed by atoms with Gasteiger partial charge in [0.05, 0.1) is 16.8 Å². The Labute approximate surface area is 456 Å². The van der Waals surface area contributed by atoms with Crippen molar-refractivity contribution in [2.75, 3.05) is 4.90 Å². The van der Waals surface area contributed by atoms with E-state index in [2.05, 4.69) is 297 Å². The first-order valence-corrected chi connectivity index (χ1v) is 27.8. The zero-order valence-electron chi connectivity index (χ0n) is 45.9. The molecule has 10 aromatic carbocycles. The van der Waals surface area contributed by atoms with E-state index in [0.29, 0.717) is 0 Å². The number of anilines is 3. The van der Waals surface area contributed by atoms with Gasteiger partial charge in [0, 0.05) is 22.2 Å². The molecule has 0 amide bonds. The van der Waals surface area contributed by atoms with E-state index in [1.165, 1.54) is 116 Å². The van der Waals surface area contributed by atoms with Crippen molar-refractivity contribution in [3.63, 3.8) is 0 Å². The van der Waals surface area contributed by atoms with Gasteiger partial charge in [-0.3, -0.25) is 0 Å². The van der Waals surface area contributed by atoms with Gasteiger partial charge in [-0.05, 0) is 147 Å². The second kappa shape index (κ2) is 18.2. The molecule has 0 saturated carbocycles. The third kappa shape index (κ3) is 7.72. The maximum absolute atomic E-state index is 2.61. The van der Waals surface area contributed by atoms with Crippen LogP contribution in [0.2, 0.25) is 0 Å². The van der Waals surface area contributed by atoms with Crippen LogP contribution < -0.4 is 15.3 Å². The second-order valence-corrected chi connectivity index (χ2v) is 24.3. The van der Waals surface area contributed by atoms with Gasteiger partial charge in [0.25, 0.3) is 0 Å². The van der Waals surface area contributed by atoms with Crippen molar-refractivity contribution in [1.82, 2.24) is 0 Å². The van der Waals surface area contributed by atoms with Crippen molar-refractivity contribution in [1.29, 1.82) is 0 Å². The van der Waals surface area contributed by atoms with E-state index < -0.39 is 5.41 Å². The molecule has 0 N–H and O–H groups in total. The van der Waals surface area contributed by atoms with E-state index in [1.807, 2.05) is 0 Å². The van der Waals surface area contributed by atoms with Gasteiger partial charge in [-0.15, -0.1) is 0 Å². The fourth-order valence-corrected chi connectivity index (χ4v) is 13.5. The monoisotopic (exact) mass is 994 g/mol. The fourth-order valence-electron chi connectivity index (χ4n) is 13.5. The highest BCUT2D eigenvalue weighted by molar-refractivity contribution is 6.01. The van der Waals surface area contributed by atoms with Gasteiger partial charge in [0.2, 0.25) is 0 Å². The molecule has 376 valence electrons. The third-order valence-electron chi connectivity index (χ3n) is 17.3. The lowest BCUT2D eigenvalue weighted by atomic mass is 9.67. The first-order valence-electron chi connectivity index (χ1n) is 27.8. The largest absolute Gasteiger partial charge is 0.309 e. The van der Waals surface area contributed by atoms with Crippen LogP contribution in [0, 0.1) is 0 Å². The molecule has 1 nitrogen and oxygen atoms in total. The Morgan fingerprint density at radius 2 is 0.896 bits per heavy atom. The standard InChI is InChI=1S/C76H67N/c1-73(2,3)54-46-51(47-55(48-54)74(4,5)6)57-36-23-26-50-27-24-37-62(71(50)57)60-33-17-21-42-69(60)77(56-44-45-59-58-32-15-19-39-65(58)75(7,8)68(59)49-56)70-43-22-18-34-61(70)63-38-25-41-67-72(63)64-35-16-20-40-66(64)76(67,52-28-11-9-12-29-52)53-30-13-10-14-31-53/h9-23,25-36,38-49H,24,37H2,1-8H3. The molecule has 0 saturated heterocycles. The molecule has 0 aliphatic heterocycles. The average Bonchev–Trinajstić information content (AvgIpc) is 4.14. The minimum Gasteiger partial charge on any atom is -0.309 e. The van der Waals surface area contributed by atoms with Gasteiger partial charge >= 0.3 is 0 Å². The number of rotatable bonds is 8. The van der Waals surface area contributed by atoms with Gasteiger partial charge in [0.1, 0.15) is 0 Å². The van der Waals surface area contributed by atoms with E-state index in [-0.39, 0.29) is 16.2 Å². The summed E-state index contributed by atoms with van der Waals surface area (Å²) < 4.78 is 0. The van der Waals surface area contributed by atoms with Crippen LogP contribution >= 0.6 is 0 Å². The number of hydrogen-bond acceptors (Lipinski definition) is 1. The van der Waals surface area contributed by atoms with E-state index in [0.717, 1.165) is 24.2 Å². The molecule has 0 fully saturated rings. The predicted molar refractivity (Wildman–Crippen MR) is 326 cm³/mol. The molecule has 1 heteroatoms. The Bertz CT molecular complexity index is 4010. The van der Waals surface area contributed by atoms with Crippen LogP contribution in [0.4, 0.5) is 17.1 Å². The molecule has 13 rings (SSSR count). The van der Waals surface area contributed by atoms with Crippen LogP contribution in [0.25, 0.3) is 56.2 Å². The highest BCUT2D eigenvalue weighted by Crippen LogP contribution is 2.60. The van der Waals surface area contributed by atoms with Gasteiger partial charge in [0.15, 0.2) is 0 Å². The summed E-state index contributed by atoms with van der Waals surface area (Å²) in [5, 5.41) is 2.64. The molecule has 0 radical (unpaired) electrons. The summed E-state index contributed by atoms with van der Waals surface area (Å²) in [6.45, 7) is 18.9. The molecule has 0 heterocycles. The zero-order valence-corrected chi connectivity index (χ0v) is 45.9. The molecule has 10 aromatic rings. The molecular formula is C76H67N. The van der Waals surface area contributed by atoms with Crippen molar-refractivity contribution in [3.05, 3.63) is 291 Å². The van der Waals surface area contributed by atoms with Crippen molar-refractivity contribution in [3.8, 4) is 44.5 Å². The summed E-state index contributed by atoms with van der Waals surface area (Å²) in [6.07, 6.45) is 4.37. The Morgan fingerprint density at radius 3 is 1.56 bits per heavy atom. The SMILES string of the molecule is CC(C)(C)c1cc(-c2cccc3c2=C(c2ccccc2N(c2ccc4c(c2)C(C)(C)c2ccccc2-4)c2ccccc2-c2cccc4c2-c2ccccc2C4(c2ccccc2)c2ccccc2)CCC=3)cc(C(C)(C)C)c1. The molecule has 0 spiro atoms. The molecule has 3 aliphatic carbocycles. The normalized spacial score (nSPS) is 14.7. The van der Waals surface area contributed by atoms with Crippen molar-refractivity contribution in [2.45, 2.75) is 89.9 Å².